The van der Waals surface area contributed by atoms with Crippen molar-refractivity contribution in [3.05, 3.63) is 59.2 Å². The van der Waals surface area contributed by atoms with Crippen LogP contribution in [0.4, 0.5) is 0 Å². The summed E-state index contributed by atoms with van der Waals surface area (Å²) in [5.74, 6) is 0.838. The summed E-state index contributed by atoms with van der Waals surface area (Å²) in [6.07, 6.45) is 4.84. The van der Waals surface area contributed by atoms with Crippen molar-refractivity contribution in [2.24, 2.45) is 0 Å². The minimum Gasteiger partial charge on any atom is -0.304 e. The molecule has 2 rings (SSSR count). The van der Waals surface area contributed by atoms with E-state index in [9.17, 15) is 0 Å². The van der Waals surface area contributed by atoms with Gasteiger partial charge in [0.2, 0.25) is 0 Å². The lowest BCUT2D eigenvalue weighted by molar-refractivity contribution is 0.571. The van der Waals surface area contributed by atoms with Crippen molar-refractivity contribution in [1.29, 1.82) is 0 Å². The molecule has 0 spiro atoms. The van der Waals surface area contributed by atoms with Gasteiger partial charge >= 0.3 is 0 Å². The lowest BCUT2D eigenvalue weighted by atomic mass is 10.0. The molecule has 0 saturated carbocycles. The fourth-order valence-corrected chi connectivity index (χ4v) is 2.05. The van der Waals surface area contributed by atoms with Crippen LogP contribution in [0.15, 0.2) is 36.7 Å². The summed E-state index contributed by atoms with van der Waals surface area (Å²) in [5, 5.41) is 3.52. The summed E-state index contributed by atoms with van der Waals surface area (Å²) >= 11 is 0. The lowest BCUT2D eigenvalue weighted by Gasteiger charge is -2.18. The fourth-order valence-electron chi connectivity index (χ4n) is 2.05. The van der Waals surface area contributed by atoms with Crippen molar-refractivity contribution in [1.82, 2.24) is 15.3 Å². The van der Waals surface area contributed by atoms with E-state index in [1.54, 1.807) is 0 Å². The van der Waals surface area contributed by atoms with Crippen LogP contribution in [0.5, 0.6) is 0 Å². The van der Waals surface area contributed by atoms with E-state index in [4.69, 9.17) is 0 Å². The molecule has 0 saturated heterocycles. The third kappa shape index (κ3) is 3.61. The topological polar surface area (TPSA) is 37.8 Å². The maximum Gasteiger partial charge on any atom is 0.149 e. The van der Waals surface area contributed by atoms with Gasteiger partial charge in [-0.1, -0.05) is 36.8 Å². The van der Waals surface area contributed by atoms with Crippen molar-refractivity contribution in [2.75, 3.05) is 6.54 Å². The molecule has 1 aromatic heterocycles. The molecule has 0 aliphatic carbocycles. The number of benzene rings is 1. The molecule has 100 valence electrons. The van der Waals surface area contributed by atoms with E-state index in [2.05, 4.69) is 53.4 Å². The summed E-state index contributed by atoms with van der Waals surface area (Å²) in [6, 6.07) is 8.58. The maximum absolute atomic E-state index is 4.46. The molecule has 0 aliphatic heterocycles. The van der Waals surface area contributed by atoms with E-state index >= 15 is 0 Å². The molecule has 0 fully saturated rings. The van der Waals surface area contributed by atoms with Gasteiger partial charge in [0.1, 0.15) is 5.82 Å². The van der Waals surface area contributed by atoms with Gasteiger partial charge in [-0.2, -0.15) is 0 Å². The Morgan fingerprint density at radius 1 is 1.11 bits per heavy atom. The zero-order chi connectivity index (χ0) is 13.7. The minimum atomic E-state index is 0.0699. The number of hydrogen-bond acceptors (Lipinski definition) is 3. The molecule has 0 radical (unpaired) electrons. The van der Waals surface area contributed by atoms with Crippen LogP contribution in [-0.4, -0.2) is 16.5 Å². The fraction of sp³-hybridized carbons (Fsp3) is 0.375. The smallest absolute Gasteiger partial charge is 0.149 e. The maximum atomic E-state index is 4.46. The predicted molar refractivity (Wildman–Crippen MR) is 78.1 cm³/mol. The van der Waals surface area contributed by atoms with E-state index in [0.717, 1.165) is 24.4 Å². The number of aromatic nitrogens is 2. The molecule has 1 aromatic carbocycles. The Balaban J connectivity index is 2.32. The highest BCUT2D eigenvalue weighted by atomic mass is 15.0. The van der Waals surface area contributed by atoms with E-state index in [1.165, 1.54) is 11.1 Å². The van der Waals surface area contributed by atoms with Crippen LogP contribution >= 0.6 is 0 Å². The normalized spacial score (nSPS) is 12.4. The third-order valence-corrected chi connectivity index (χ3v) is 3.03. The minimum absolute atomic E-state index is 0.0699. The first kappa shape index (κ1) is 13.7. The summed E-state index contributed by atoms with van der Waals surface area (Å²) in [7, 11) is 0. The average molecular weight is 255 g/mol. The highest BCUT2D eigenvalue weighted by molar-refractivity contribution is 5.29. The highest BCUT2D eigenvalue weighted by Crippen LogP contribution is 2.19. The molecule has 1 unspecified atom stereocenters. The number of aryl methyl sites for hydroxylation is 2. The molecule has 19 heavy (non-hydrogen) atoms. The van der Waals surface area contributed by atoms with Crippen molar-refractivity contribution in [3.63, 3.8) is 0 Å². The Kier molecular flexibility index (Phi) is 4.63. The summed E-state index contributed by atoms with van der Waals surface area (Å²) in [5.41, 5.74) is 3.56. The highest BCUT2D eigenvalue weighted by Gasteiger charge is 2.15. The zero-order valence-electron chi connectivity index (χ0n) is 11.9. The molecule has 3 nitrogen and oxygen atoms in total. The quantitative estimate of drug-likeness (QED) is 0.891. The molecule has 3 heteroatoms. The first-order valence-electron chi connectivity index (χ1n) is 6.79. The largest absolute Gasteiger partial charge is 0.304 e. The second kappa shape index (κ2) is 6.43. The second-order valence-electron chi connectivity index (χ2n) is 4.92. The van der Waals surface area contributed by atoms with Gasteiger partial charge < -0.3 is 5.32 Å². The molecule has 1 heterocycles. The van der Waals surface area contributed by atoms with Gasteiger partial charge in [0.05, 0.1) is 6.04 Å². The van der Waals surface area contributed by atoms with Gasteiger partial charge in [-0.15, -0.1) is 0 Å². The lowest BCUT2D eigenvalue weighted by Crippen LogP contribution is -2.25. The Labute approximate surface area is 115 Å². The van der Waals surface area contributed by atoms with Crippen molar-refractivity contribution in [2.45, 2.75) is 33.2 Å². The van der Waals surface area contributed by atoms with Crippen LogP contribution in [0.1, 0.15) is 41.9 Å². The number of nitrogens with one attached hydrogen (secondary N) is 1. The Bertz CT molecular complexity index is 520. The number of rotatable bonds is 5. The van der Waals surface area contributed by atoms with Gasteiger partial charge in [0, 0.05) is 12.4 Å². The summed E-state index contributed by atoms with van der Waals surface area (Å²) in [6.45, 7) is 7.23. The summed E-state index contributed by atoms with van der Waals surface area (Å²) in [4.78, 5) is 8.93. The molecule has 0 aliphatic rings. The molecular weight excluding hydrogens is 234 g/mol. The van der Waals surface area contributed by atoms with Crippen LogP contribution in [-0.2, 0) is 0 Å². The van der Waals surface area contributed by atoms with Crippen LogP contribution in [0.3, 0.4) is 0 Å². The van der Waals surface area contributed by atoms with Gasteiger partial charge in [-0.05, 0) is 37.9 Å². The van der Waals surface area contributed by atoms with Crippen LogP contribution in [0, 0.1) is 13.8 Å². The van der Waals surface area contributed by atoms with Gasteiger partial charge in [-0.3, -0.25) is 0 Å². The molecule has 1 N–H and O–H groups in total. The van der Waals surface area contributed by atoms with Crippen LogP contribution < -0.4 is 5.32 Å². The monoisotopic (exact) mass is 255 g/mol. The van der Waals surface area contributed by atoms with Crippen molar-refractivity contribution >= 4 is 0 Å². The van der Waals surface area contributed by atoms with E-state index in [1.807, 2.05) is 19.3 Å². The molecule has 2 aromatic rings. The number of hydrogen-bond donors (Lipinski definition) is 1. The van der Waals surface area contributed by atoms with E-state index in [-0.39, 0.29) is 6.04 Å². The zero-order valence-corrected chi connectivity index (χ0v) is 11.9. The first-order valence-corrected chi connectivity index (χ1v) is 6.79. The molecule has 1 atom stereocenters. The standard InChI is InChI=1S/C16H21N3/c1-4-8-17-15(14-7-5-6-12(2)9-14)16-18-10-13(3)11-19-16/h5-7,9-11,15,17H,4,8H2,1-3H3. The Morgan fingerprint density at radius 2 is 1.84 bits per heavy atom. The Morgan fingerprint density at radius 3 is 2.47 bits per heavy atom. The van der Waals surface area contributed by atoms with Gasteiger partial charge in [0.15, 0.2) is 0 Å². The SMILES string of the molecule is CCCNC(c1cccc(C)c1)c1ncc(C)cn1. The molecular formula is C16H21N3. The first-order chi connectivity index (χ1) is 9.20. The van der Waals surface area contributed by atoms with Crippen molar-refractivity contribution < 1.29 is 0 Å². The van der Waals surface area contributed by atoms with Gasteiger partial charge in [0.25, 0.3) is 0 Å². The summed E-state index contributed by atoms with van der Waals surface area (Å²) < 4.78 is 0. The van der Waals surface area contributed by atoms with Crippen LogP contribution in [0.25, 0.3) is 0 Å². The van der Waals surface area contributed by atoms with Crippen molar-refractivity contribution in [3.8, 4) is 0 Å². The van der Waals surface area contributed by atoms with E-state index in [0.29, 0.717) is 0 Å². The van der Waals surface area contributed by atoms with Gasteiger partial charge in [-0.25, -0.2) is 9.97 Å². The molecule has 0 amide bonds. The second-order valence-corrected chi connectivity index (χ2v) is 4.92. The molecule has 0 bridgehead atoms. The van der Waals surface area contributed by atoms with E-state index < -0.39 is 0 Å². The average Bonchev–Trinajstić information content (AvgIpc) is 2.41. The predicted octanol–water partition coefficient (Wildman–Crippen LogP) is 3.18. The third-order valence-electron chi connectivity index (χ3n) is 3.03. The van der Waals surface area contributed by atoms with Crippen LogP contribution in [0.2, 0.25) is 0 Å². The number of nitrogens with zero attached hydrogens (tertiary/aromatic N) is 2. The Hall–Kier alpha value is -1.74.